The molecule has 0 amide bonds. The van der Waals surface area contributed by atoms with Crippen molar-refractivity contribution in [3.05, 3.63) is 29.7 Å². The molecule has 74 valence electrons. The molecule has 2 nitrogen and oxygen atoms in total. The molecule has 1 heterocycles. The minimum atomic E-state index is 0.681. The molecule has 2 aromatic rings. The van der Waals surface area contributed by atoms with Gasteiger partial charge in [0.25, 0.3) is 0 Å². The highest BCUT2D eigenvalue weighted by Crippen LogP contribution is 2.18. The summed E-state index contributed by atoms with van der Waals surface area (Å²) in [7, 11) is 0. The molecular formula is C12H15NO. The molecule has 0 unspecified atom stereocenters. The van der Waals surface area contributed by atoms with E-state index in [4.69, 9.17) is 4.42 Å². The van der Waals surface area contributed by atoms with Crippen molar-refractivity contribution in [2.45, 2.75) is 27.2 Å². The summed E-state index contributed by atoms with van der Waals surface area (Å²) in [6, 6.07) is 6.24. The third-order valence-corrected chi connectivity index (χ3v) is 2.20. The van der Waals surface area contributed by atoms with Gasteiger partial charge < -0.3 is 4.42 Å². The average Bonchev–Trinajstić information content (AvgIpc) is 2.42. The summed E-state index contributed by atoms with van der Waals surface area (Å²) in [6.45, 7) is 6.32. The number of oxazole rings is 1. The fourth-order valence-corrected chi connectivity index (χ4v) is 1.69. The Morgan fingerprint density at radius 1 is 1.36 bits per heavy atom. The lowest BCUT2D eigenvalue weighted by molar-refractivity contribution is 0.561. The van der Waals surface area contributed by atoms with Crippen LogP contribution in [0.1, 0.15) is 25.3 Å². The first-order valence-corrected chi connectivity index (χ1v) is 5.01. The zero-order valence-electron chi connectivity index (χ0n) is 8.87. The SMILES string of the molecule is Cc1nc2cc(CC(C)C)ccc2o1. The van der Waals surface area contributed by atoms with Crippen molar-refractivity contribution in [2.24, 2.45) is 5.92 Å². The van der Waals surface area contributed by atoms with Gasteiger partial charge in [0.05, 0.1) is 0 Å². The van der Waals surface area contributed by atoms with Crippen molar-refractivity contribution in [3.63, 3.8) is 0 Å². The van der Waals surface area contributed by atoms with Crippen LogP contribution in [0.15, 0.2) is 22.6 Å². The number of benzene rings is 1. The minimum absolute atomic E-state index is 0.681. The van der Waals surface area contributed by atoms with E-state index >= 15 is 0 Å². The van der Waals surface area contributed by atoms with E-state index in [1.165, 1.54) is 5.56 Å². The number of rotatable bonds is 2. The normalized spacial score (nSPS) is 11.4. The Kier molecular flexibility index (Phi) is 2.28. The van der Waals surface area contributed by atoms with E-state index in [1.807, 2.05) is 13.0 Å². The second-order valence-electron chi connectivity index (χ2n) is 4.13. The Morgan fingerprint density at radius 3 is 2.86 bits per heavy atom. The van der Waals surface area contributed by atoms with Crippen LogP contribution in [-0.4, -0.2) is 4.98 Å². The van der Waals surface area contributed by atoms with E-state index in [9.17, 15) is 0 Å². The van der Waals surface area contributed by atoms with Crippen LogP contribution in [0, 0.1) is 12.8 Å². The molecule has 0 aliphatic rings. The molecule has 0 N–H and O–H groups in total. The van der Waals surface area contributed by atoms with Crippen molar-refractivity contribution < 1.29 is 4.42 Å². The molecule has 14 heavy (non-hydrogen) atoms. The lowest BCUT2D eigenvalue weighted by Crippen LogP contribution is -1.93. The highest BCUT2D eigenvalue weighted by molar-refractivity contribution is 5.73. The second kappa shape index (κ2) is 3.45. The Morgan fingerprint density at radius 2 is 2.14 bits per heavy atom. The summed E-state index contributed by atoms with van der Waals surface area (Å²) in [5.41, 5.74) is 3.19. The van der Waals surface area contributed by atoms with Crippen LogP contribution in [0.5, 0.6) is 0 Å². The molecule has 0 saturated carbocycles. The molecule has 0 fully saturated rings. The molecule has 0 aliphatic heterocycles. The highest BCUT2D eigenvalue weighted by atomic mass is 16.3. The number of nitrogens with zero attached hydrogens (tertiary/aromatic N) is 1. The first kappa shape index (κ1) is 9.25. The minimum Gasteiger partial charge on any atom is -0.441 e. The fraction of sp³-hybridized carbons (Fsp3) is 0.417. The summed E-state index contributed by atoms with van der Waals surface area (Å²) < 4.78 is 5.42. The van der Waals surface area contributed by atoms with Gasteiger partial charge in [-0.25, -0.2) is 4.98 Å². The van der Waals surface area contributed by atoms with E-state index in [0.29, 0.717) is 5.92 Å². The third kappa shape index (κ3) is 1.79. The van der Waals surface area contributed by atoms with E-state index in [0.717, 1.165) is 23.4 Å². The lowest BCUT2D eigenvalue weighted by atomic mass is 10.0. The van der Waals surface area contributed by atoms with Gasteiger partial charge in [-0.1, -0.05) is 19.9 Å². The van der Waals surface area contributed by atoms with Gasteiger partial charge >= 0.3 is 0 Å². The molecular weight excluding hydrogens is 174 g/mol. The monoisotopic (exact) mass is 189 g/mol. The summed E-state index contributed by atoms with van der Waals surface area (Å²) in [6.07, 6.45) is 1.10. The van der Waals surface area contributed by atoms with Crippen LogP contribution in [0.2, 0.25) is 0 Å². The topological polar surface area (TPSA) is 26.0 Å². The van der Waals surface area contributed by atoms with E-state index < -0.39 is 0 Å². The third-order valence-electron chi connectivity index (χ3n) is 2.20. The Balaban J connectivity index is 2.40. The van der Waals surface area contributed by atoms with E-state index in [-0.39, 0.29) is 0 Å². The summed E-state index contributed by atoms with van der Waals surface area (Å²) in [5, 5.41) is 0. The largest absolute Gasteiger partial charge is 0.441 e. The zero-order valence-corrected chi connectivity index (χ0v) is 8.87. The molecule has 0 aliphatic carbocycles. The average molecular weight is 189 g/mol. The Hall–Kier alpha value is -1.31. The van der Waals surface area contributed by atoms with Crippen LogP contribution in [0.3, 0.4) is 0 Å². The van der Waals surface area contributed by atoms with Crippen molar-refractivity contribution >= 4 is 11.1 Å². The second-order valence-corrected chi connectivity index (χ2v) is 4.13. The van der Waals surface area contributed by atoms with Gasteiger partial charge in [0.1, 0.15) is 5.52 Å². The maximum absolute atomic E-state index is 5.42. The molecule has 2 heteroatoms. The maximum Gasteiger partial charge on any atom is 0.192 e. The molecule has 0 saturated heterocycles. The number of aryl methyl sites for hydroxylation is 1. The Labute approximate surface area is 84.0 Å². The fourth-order valence-electron chi connectivity index (χ4n) is 1.69. The van der Waals surface area contributed by atoms with Gasteiger partial charge in [-0.2, -0.15) is 0 Å². The summed E-state index contributed by atoms with van der Waals surface area (Å²) >= 11 is 0. The van der Waals surface area contributed by atoms with Gasteiger partial charge in [0.15, 0.2) is 11.5 Å². The number of hydrogen-bond acceptors (Lipinski definition) is 2. The van der Waals surface area contributed by atoms with Crippen molar-refractivity contribution in [2.75, 3.05) is 0 Å². The first-order valence-electron chi connectivity index (χ1n) is 5.01. The van der Waals surface area contributed by atoms with Crippen LogP contribution < -0.4 is 0 Å². The predicted molar refractivity (Wildman–Crippen MR) is 57.3 cm³/mol. The standard InChI is InChI=1S/C12H15NO/c1-8(2)6-10-4-5-12-11(7-10)13-9(3)14-12/h4-5,7-8H,6H2,1-3H3. The predicted octanol–water partition coefficient (Wildman–Crippen LogP) is 3.33. The van der Waals surface area contributed by atoms with Crippen molar-refractivity contribution in [1.82, 2.24) is 4.98 Å². The van der Waals surface area contributed by atoms with Crippen molar-refractivity contribution in [1.29, 1.82) is 0 Å². The summed E-state index contributed by atoms with van der Waals surface area (Å²) in [4.78, 5) is 4.31. The van der Waals surface area contributed by atoms with Gasteiger partial charge in [-0.15, -0.1) is 0 Å². The van der Waals surface area contributed by atoms with Gasteiger partial charge in [-0.3, -0.25) is 0 Å². The van der Waals surface area contributed by atoms with Crippen LogP contribution in [0.4, 0.5) is 0 Å². The van der Waals surface area contributed by atoms with E-state index in [1.54, 1.807) is 0 Å². The van der Waals surface area contributed by atoms with Gasteiger partial charge in [0.2, 0.25) is 0 Å². The quantitative estimate of drug-likeness (QED) is 0.724. The van der Waals surface area contributed by atoms with Crippen LogP contribution >= 0.6 is 0 Å². The highest BCUT2D eigenvalue weighted by Gasteiger charge is 2.04. The zero-order chi connectivity index (χ0) is 10.1. The molecule has 0 spiro atoms. The van der Waals surface area contributed by atoms with Crippen molar-refractivity contribution in [3.8, 4) is 0 Å². The van der Waals surface area contributed by atoms with Crippen LogP contribution in [0.25, 0.3) is 11.1 Å². The molecule has 1 aromatic carbocycles. The number of fused-ring (bicyclic) bond motifs is 1. The molecule has 0 bridgehead atoms. The molecule has 0 atom stereocenters. The van der Waals surface area contributed by atoms with Gasteiger partial charge in [-0.05, 0) is 30.0 Å². The number of hydrogen-bond donors (Lipinski definition) is 0. The van der Waals surface area contributed by atoms with Crippen LogP contribution in [-0.2, 0) is 6.42 Å². The van der Waals surface area contributed by atoms with Gasteiger partial charge in [0, 0.05) is 6.92 Å². The molecule has 2 rings (SSSR count). The lowest BCUT2D eigenvalue weighted by Gasteiger charge is -2.03. The number of aromatic nitrogens is 1. The molecule has 0 radical (unpaired) electrons. The maximum atomic E-state index is 5.42. The Bertz CT molecular complexity index is 443. The summed E-state index contributed by atoms with van der Waals surface area (Å²) in [5.74, 6) is 1.42. The molecule has 1 aromatic heterocycles. The smallest absolute Gasteiger partial charge is 0.192 e. The van der Waals surface area contributed by atoms with E-state index in [2.05, 4.69) is 31.0 Å². The first-order chi connectivity index (χ1) is 6.65.